The first kappa shape index (κ1) is 12.0. The highest BCUT2D eigenvalue weighted by Gasteiger charge is 2.46. The average molecular weight is 245 g/mol. The summed E-state index contributed by atoms with van der Waals surface area (Å²) in [6.07, 6.45) is 8.90. The largest absolute Gasteiger partial charge is 0.496 e. The predicted octanol–water partition coefficient (Wildman–Crippen LogP) is 2.95. The first-order valence-electron chi connectivity index (χ1n) is 7.20. The minimum absolute atomic E-state index is 0.237. The number of benzene rings is 1. The molecule has 98 valence electrons. The second kappa shape index (κ2) is 4.58. The Morgan fingerprint density at radius 1 is 1.17 bits per heavy atom. The molecule has 2 aliphatic rings. The molecule has 0 atom stereocenters. The van der Waals surface area contributed by atoms with Gasteiger partial charge in [0.15, 0.2) is 0 Å². The summed E-state index contributed by atoms with van der Waals surface area (Å²) in [5, 5.41) is 0. The van der Waals surface area contributed by atoms with Gasteiger partial charge >= 0.3 is 0 Å². The van der Waals surface area contributed by atoms with Gasteiger partial charge in [-0.2, -0.15) is 0 Å². The van der Waals surface area contributed by atoms with Crippen LogP contribution in [0.5, 0.6) is 5.75 Å². The van der Waals surface area contributed by atoms with Crippen molar-refractivity contribution >= 4 is 0 Å². The van der Waals surface area contributed by atoms with E-state index in [1.54, 1.807) is 18.2 Å². The predicted molar refractivity (Wildman–Crippen MR) is 74.2 cm³/mol. The third kappa shape index (κ3) is 1.83. The Bertz CT molecular complexity index is 449. The van der Waals surface area contributed by atoms with E-state index < -0.39 is 0 Å². The lowest BCUT2D eigenvalue weighted by Gasteiger charge is -2.23. The van der Waals surface area contributed by atoms with Crippen molar-refractivity contribution in [2.75, 3.05) is 13.7 Å². The summed E-state index contributed by atoms with van der Waals surface area (Å²) >= 11 is 0. The summed E-state index contributed by atoms with van der Waals surface area (Å²) in [6, 6.07) is 4.44. The fourth-order valence-electron chi connectivity index (χ4n) is 3.44. The molecule has 0 aromatic heterocycles. The zero-order valence-electron chi connectivity index (χ0n) is 11.3. The van der Waals surface area contributed by atoms with Crippen LogP contribution in [0.25, 0.3) is 0 Å². The summed E-state index contributed by atoms with van der Waals surface area (Å²) < 4.78 is 5.62. The number of aryl methyl sites for hydroxylation is 1. The lowest BCUT2D eigenvalue weighted by Crippen LogP contribution is -2.23. The van der Waals surface area contributed by atoms with Gasteiger partial charge in [-0.3, -0.25) is 0 Å². The van der Waals surface area contributed by atoms with E-state index in [0.717, 1.165) is 12.3 Å². The van der Waals surface area contributed by atoms with E-state index in [4.69, 9.17) is 10.5 Å². The molecule has 0 unspecified atom stereocenters. The van der Waals surface area contributed by atoms with Crippen LogP contribution in [0.4, 0.5) is 0 Å². The molecule has 0 radical (unpaired) electrons. The van der Waals surface area contributed by atoms with Crippen molar-refractivity contribution in [1.82, 2.24) is 0 Å². The number of ether oxygens (including phenoxy) is 1. The molecule has 2 nitrogen and oxygen atoms in total. The lowest BCUT2D eigenvalue weighted by atomic mass is 9.86. The number of hydrogen-bond donors (Lipinski definition) is 1. The molecule has 0 aliphatic heterocycles. The highest BCUT2D eigenvalue weighted by molar-refractivity contribution is 5.53. The summed E-state index contributed by atoms with van der Waals surface area (Å²) in [6.45, 7) is 0.764. The highest BCUT2D eigenvalue weighted by Crippen LogP contribution is 2.53. The maximum absolute atomic E-state index is 6.04. The third-order valence-corrected chi connectivity index (χ3v) is 4.74. The number of nitrogens with two attached hydrogens (primary N) is 1. The molecule has 2 heteroatoms. The monoisotopic (exact) mass is 245 g/mol. The highest BCUT2D eigenvalue weighted by atomic mass is 16.5. The second-order valence-corrected chi connectivity index (χ2v) is 5.83. The van der Waals surface area contributed by atoms with Gasteiger partial charge in [-0.05, 0) is 55.7 Å². The molecule has 0 amide bonds. The summed E-state index contributed by atoms with van der Waals surface area (Å²) in [5.41, 5.74) is 10.8. The molecule has 2 aliphatic carbocycles. The second-order valence-electron chi connectivity index (χ2n) is 5.83. The van der Waals surface area contributed by atoms with Crippen molar-refractivity contribution in [3.8, 4) is 5.75 Å². The Morgan fingerprint density at radius 2 is 1.94 bits per heavy atom. The summed E-state index contributed by atoms with van der Waals surface area (Å²) in [4.78, 5) is 0. The number of rotatable bonds is 3. The van der Waals surface area contributed by atoms with Crippen LogP contribution in [-0.2, 0) is 18.3 Å². The van der Waals surface area contributed by atoms with Gasteiger partial charge in [0.25, 0.3) is 0 Å². The van der Waals surface area contributed by atoms with Gasteiger partial charge in [0, 0.05) is 17.5 Å². The van der Waals surface area contributed by atoms with Crippen LogP contribution in [0.15, 0.2) is 12.1 Å². The van der Waals surface area contributed by atoms with Gasteiger partial charge in [-0.25, -0.2) is 0 Å². The Balaban J connectivity index is 2.14. The van der Waals surface area contributed by atoms with Crippen LogP contribution in [0.1, 0.15) is 48.8 Å². The summed E-state index contributed by atoms with van der Waals surface area (Å²) in [5.74, 6) is 1.07. The quantitative estimate of drug-likeness (QED) is 0.831. The van der Waals surface area contributed by atoms with E-state index in [2.05, 4.69) is 12.1 Å². The normalized spacial score (nSPS) is 21.0. The van der Waals surface area contributed by atoms with E-state index in [1.165, 1.54) is 50.5 Å². The molecule has 0 saturated heterocycles. The van der Waals surface area contributed by atoms with Crippen molar-refractivity contribution in [2.45, 2.75) is 50.4 Å². The SMILES string of the molecule is COc1ccc2c(c1C1(CN)CC1)CCCCC2. The van der Waals surface area contributed by atoms with Gasteiger partial charge in [0.2, 0.25) is 0 Å². The first-order valence-corrected chi connectivity index (χ1v) is 7.20. The van der Waals surface area contributed by atoms with Crippen molar-refractivity contribution in [1.29, 1.82) is 0 Å². The van der Waals surface area contributed by atoms with Crippen molar-refractivity contribution < 1.29 is 4.74 Å². The molecule has 1 aromatic carbocycles. The molecule has 2 N–H and O–H groups in total. The number of fused-ring (bicyclic) bond motifs is 1. The molecule has 3 rings (SSSR count). The van der Waals surface area contributed by atoms with Crippen LogP contribution < -0.4 is 10.5 Å². The minimum atomic E-state index is 0.237. The van der Waals surface area contributed by atoms with Crippen molar-refractivity contribution in [2.24, 2.45) is 5.73 Å². The fourth-order valence-corrected chi connectivity index (χ4v) is 3.44. The standard InChI is InChI=1S/C16H23NO/c1-18-14-8-7-12-5-3-2-4-6-13(12)15(14)16(11-17)9-10-16/h7-8H,2-6,9-11,17H2,1H3. The maximum atomic E-state index is 6.04. The van der Waals surface area contributed by atoms with Crippen LogP contribution >= 0.6 is 0 Å². The van der Waals surface area contributed by atoms with E-state index in [-0.39, 0.29) is 5.41 Å². The molecule has 0 spiro atoms. The number of methoxy groups -OCH3 is 1. The molecule has 0 bridgehead atoms. The smallest absolute Gasteiger partial charge is 0.122 e. The Hall–Kier alpha value is -1.02. The lowest BCUT2D eigenvalue weighted by molar-refractivity contribution is 0.403. The molecular formula is C16H23NO. The van der Waals surface area contributed by atoms with E-state index >= 15 is 0 Å². The van der Waals surface area contributed by atoms with E-state index in [1.807, 2.05) is 0 Å². The molecule has 1 fully saturated rings. The van der Waals surface area contributed by atoms with Gasteiger partial charge in [0.05, 0.1) is 7.11 Å². The molecular weight excluding hydrogens is 222 g/mol. The Morgan fingerprint density at radius 3 is 2.61 bits per heavy atom. The Labute approximate surface area is 110 Å². The van der Waals surface area contributed by atoms with Crippen molar-refractivity contribution in [3.05, 3.63) is 28.8 Å². The number of hydrogen-bond acceptors (Lipinski definition) is 2. The molecule has 18 heavy (non-hydrogen) atoms. The Kier molecular flexibility index (Phi) is 3.06. The average Bonchev–Trinajstić information content (AvgIpc) is 3.21. The van der Waals surface area contributed by atoms with Crippen LogP contribution in [0, 0.1) is 0 Å². The topological polar surface area (TPSA) is 35.2 Å². The van der Waals surface area contributed by atoms with Crippen LogP contribution in [-0.4, -0.2) is 13.7 Å². The third-order valence-electron chi connectivity index (χ3n) is 4.74. The maximum Gasteiger partial charge on any atom is 0.122 e. The molecule has 0 heterocycles. The minimum Gasteiger partial charge on any atom is -0.496 e. The first-order chi connectivity index (χ1) is 8.80. The fraction of sp³-hybridized carbons (Fsp3) is 0.625. The molecule has 1 saturated carbocycles. The zero-order valence-corrected chi connectivity index (χ0v) is 11.3. The van der Waals surface area contributed by atoms with Gasteiger partial charge in [-0.1, -0.05) is 12.5 Å². The van der Waals surface area contributed by atoms with Gasteiger partial charge < -0.3 is 10.5 Å². The summed E-state index contributed by atoms with van der Waals surface area (Å²) in [7, 11) is 1.79. The van der Waals surface area contributed by atoms with Gasteiger partial charge in [-0.15, -0.1) is 0 Å². The zero-order chi connectivity index (χ0) is 12.6. The van der Waals surface area contributed by atoms with Gasteiger partial charge in [0.1, 0.15) is 5.75 Å². The van der Waals surface area contributed by atoms with E-state index in [0.29, 0.717) is 0 Å². The van der Waals surface area contributed by atoms with Crippen molar-refractivity contribution in [3.63, 3.8) is 0 Å². The van der Waals surface area contributed by atoms with E-state index in [9.17, 15) is 0 Å². The van der Waals surface area contributed by atoms with Crippen LogP contribution in [0.3, 0.4) is 0 Å². The molecule has 1 aromatic rings. The van der Waals surface area contributed by atoms with Crippen LogP contribution in [0.2, 0.25) is 0 Å².